The normalized spacial score (nSPS) is 28.5. The maximum absolute atomic E-state index is 14.3. The fourth-order valence-electron chi connectivity index (χ4n) is 6.06. The average molecular weight is 529 g/mol. The Hall–Kier alpha value is -2.78. The summed E-state index contributed by atoms with van der Waals surface area (Å²) in [5.74, 6) is -1.46. The molecule has 6 atom stereocenters. The lowest BCUT2D eigenvalue weighted by Gasteiger charge is -2.38. The van der Waals surface area contributed by atoms with Gasteiger partial charge in [0.05, 0.1) is 42.9 Å². The zero-order valence-electron chi connectivity index (χ0n) is 21.5. The molecule has 3 aliphatic heterocycles. The van der Waals surface area contributed by atoms with E-state index in [4.69, 9.17) is 9.47 Å². The zero-order chi connectivity index (χ0) is 26.7. The lowest BCUT2D eigenvalue weighted by Crippen LogP contribution is -2.57. The van der Waals surface area contributed by atoms with Crippen molar-refractivity contribution in [3.05, 3.63) is 49.6 Å². The highest BCUT2D eigenvalue weighted by Crippen LogP contribution is 2.67. The van der Waals surface area contributed by atoms with Crippen LogP contribution in [-0.2, 0) is 19.1 Å². The Kier molecular flexibility index (Phi) is 8.33. The fourth-order valence-corrected chi connectivity index (χ4v) is 8.25. The zero-order valence-corrected chi connectivity index (χ0v) is 22.3. The van der Waals surface area contributed by atoms with E-state index in [2.05, 4.69) is 13.2 Å². The van der Waals surface area contributed by atoms with E-state index in [0.29, 0.717) is 24.3 Å². The minimum absolute atomic E-state index is 0.0726. The molecule has 0 aromatic heterocycles. The highest BCUT2D eigenvalue weighted by Gasteiger charge is 2.74. The van der Waals surface area contributed by atoms with Gasteiger partial charge in [0, 0.05) is 17.5 Å². The number of hydrogen-bond acceptors (Lipinski definition) is 7. The molecule has 1 spiro atoms. The summed E-state index contributed by atoms with van der Waals surface area (Å²) in [5.41, 5.74) is 0.658. The minimum atomic E-state index is -0.817. The smallest absolute Gasteiger partial charge is 0.310 e. The molecule has 9 heteroatoms. The van der Waals surface area contributed by atoms with Crippen LogP contribution >= 0.6 is 11.8 Å². The SMILES string of the molecule is C=CCCCOC(=O)[C@@H]1[C@@H]2CCC3(S2)C(C(=O)N(CC=C)c2ccc(OC)cc2)N([C@H](C)CO)C(=O)[C@H]13. The Balaban J connectivity index is 1.70. The third-order valence-electron chi connectivity index (χ3n) is 7.74. The van der Waals surface area contributed by atoms with Crippen LogP contribution in [0.3, 0.4) is 0 Å². The third kappa shape index (κ3) is 4.68. The van der Waals surface area contributed by atoms with Crippen LogP contribution in [0.4, 0.5) is 5.69 Å². The number of carbonyl (C=O) groups excluding carboxylic acids is 3. The van der Waals surface area contributed by atoms with E-state index in [1.54, 1.807) is 67.1 Å². The number of carbonyl (C=O) groups is 3. The predicted molar refractivity (Wildman–Crippen MR) is 143 cm³/mol. The standard InChI is InChI=1S/C28H36N2O6S/c1-5-7-8-16-36-27(34)22-21-13-14-28(37-21)23(22)25(32)30(18(3)17-31)24(28)26(33)29(15-6-2)19-9-11-20(35-4)12-10-19/h5-6,9-12,18,21-24,31H,1-2,7-8,13-17H2,3-4H3/t18-,21+,22-,23+,24?,28?/m1/s1. The van der Waals surface area contributed by atoms with Crippen molar-refractivity contribution in [2.24, 2.45) is 11.8 Å². The molecule has 200 valence electrons. The summed E-state index contributed by atoms with van der Waals surface area (Å²) in [4.78, 5) is 44.7. The maximum atomic E-state index is 14.3. The van der Waals surface area contributed by atoms with E-state index in [-0.39, 0.29) is 42.8 Å². The summed E-state index contributed by atoms with van der Waals surface area (Å²) in [6.45, 7) is 9.50. The van der Waals surface area contributed by atoms with Crippen LogP contribution in [-0.4, -0.2) is 76.7 Å². The second-order valence-electron chi connectivity index (χ2n) is 9.87. The molecule has 0 radical (unpaired) electrons. The Bertz CT molecular complexity index is 1050. The maximum Gasteiger partial charge on any atom is 0.310 e. The van der Waals surface area contributed by atoms with Gasteiger partial charge in [-0.15, -0.1) is 24.9 Å². The average Bonchev–Trinajstić information content (AvgIpc) is 3.56. The number of esters is 1. The van der Waals surface area contributed by atoms with Crippen molar-refractivity contribution in [2.45, 2.75) is 54.7 Å². The number of thioether (sulfide) groups is 1. The van der Waals surface area contributed by atoms with Crippen LogP contribution in [0.25, 0.3) is 0 Å². The first-order valence-electron chi connectivity index (χ1n) is 12.8. The second-order valence-corrected chi connectivity index (χ2v) is 11.5. The quantitative estimate of drug-likeness (QED) is 0.253. The molecule has 37 heavy (non-hydrogen) atoms. The highest BCUT2D eigenvalue weighted by atomic mass is 32.2. The van der Waals surface area contributed by atoms with Crippen molar-refractivity contribution < 1.29 is 29.0 Å². The van der Waals surface area contributed by atoms with Crippen LogP contribution in [0.15, 0.2) is 49.6 Å². The number of nitrogens with zero attached hydrogens (tertiary/aromatic N) is 2. The van der Waals surface area contributed by atoms with Crippen molar-refractivity contribution in [3.63, 3.8) is 0 Å². The summed E-state index contributed by atoms with van der Waals surface area (Å²) in [5, 5.41) is 9.97. The van der Waals surface area contributed by atoms with Gasteiger partial charge in [-0.2, -0.15) is 0 Å². The summed E-state index contributed by atoms with van der Waals surface area (Å²) in [6, 6.07) is 5.77. The summed E-state index contributed by atoms with van der Waals surface area (Å²) >= 11 is 1.58. The number of unbranched alkanes of at least 4 members (excludes halogenated alkanes) is 1. The van der Waals surface area contributed by atoms with Crippen LogP contribution in [0, 0.1) is 11.8 Å². The van der Waals surface area contributed by atoms with Crippen LogP contribution in [0.5, 0.6) is 5.75 Å². The number of benzene rings is 1. The number of fused-ring (bicyclic) bond motifs is 1. The number of anilines is 1. The van der Waals surface area contributed by atoms with Crippen molar-refractivity contribution in [1.82, 2.24) is 4.90 Å². The van der Waals surface area contributed by atoms with Crippen molar-refractivity contribution in [1.29, 1.82) is 0 Å². The number of ether oxygens (including phenoxy) is 2. The Morgan fingerprint density at radius 2 is 2.03 bits per heavy atom. The molecule has 0 saturated carbocycles. The van der Waals surface area contributed by atoms with Gasteiger partial charge in [-0.05, 0) is 56.9 Å². The number of aliphatic hydroxyl groups excluding tert-OH is 1. The molecule has 2 amide bonds. The summed E-state index contributed by atoms with van der Waals surface area (Å²) < 4.78 is 10.1. The van der Waals surface area contributed by atoms with Gasteiger partial charge in [-0.25, -0.2) is 0 Å². The van der Waals surface area contributed by atoms with Gasteiger partial charge in [-0.3, -0.25) is 14.4 Å². The molecule has 3 fully saturated rings. The van der Waals surface area contributed by atoms with Gasteiger partial charge in [0.25, 0.3) is 5.91 Å². The monoisotopic (exact) mass is 528 g/mol. The van der Waals surface area contributed by atoms with E-state index in [0.717, 1.165) is 12.8 Å². The van der Waals surface area contributed by atoms with Gasteiger partial charge in [0.1, 0.15) is 11.8 Å². The largest absolute Gasteiger partial charge is 0.497 e. The predicted octanol–water partition coefficient (Wildman–Crippen LogP) is 3.20. The molecular weight excluding hydrogens is 492 g/mol. The van der Waals surface area contributed by atoms with E-state index in [1.807, 2.05) is 0 Å². The molecule has 3 heterocycles. The lowest BCUT2D eigenvalue weighted by molar-refractivity contribution is -0.154. The Labute approximate surface area is 222 Å². The molecule has 3 aliphatic rings. The van der Waals surface area contributed by atoms with E-state index >= 15 is 0 Å². The van der Waals surface area contributed by atoms with E-state index in [1.165, 1.54) is 4.90 Å². The first kappa shape index (κ1) is 27.3. The van der Waals surface area contributed by atoms with Gasteiger partial charge in [0.2, 0.25) is 5.91 Å². The summed E-state index contributed by atoms with van der Waals surface area (Å²) in [7, 11) is 1.58. The number of allylic oxidation sites excluding steroid dienone is 1. The molecule has 2 unspecified atom stereocenters. The van der Waals surface area contributed by atoms with Gasteiger partial charge < -0.3 is 24.4 Å². The molecule has 1 N–H and O–H groups in total. The number of amides is 2. The Morgan fingerprint density at radius 1 is 1.30 bits per heavy atom. The van der Waals surface area contributed by atoms with E-state index in [9.17, 15) is 19.5 Å². The number of rotatable bonds is 12. The van der Waals surface area contributed by atoms with Crippen molar-refractivity contribution in [2.75, 3.05) is 31.8 Å². The van der Waals surface area contributed by atoms with Crippen LogP contribution in [0.1, 0.15) is 32.6 Å². The minimum Gasteiger partial charge on any atom is -0.497 e. The number of hydrogen-bond donors (Lipinski definition) is 1. The third-order valence-corrected chi connectivity index (χ3v) is 9.69. The molecule has 2 bridgehead atoms. The highest BCUT2D eigenvalue weighted by molar-refractivity contribution is 8.02. The van der Waals surface area contributed by atoms with Crippen LogP contribution < -0.4 is 9.64 Å². The van der Waals surface area contributed by atoms with Crippen molar-refractivity contribution >= 4 is 35.2 Å². The fraction of sp³-hybridized carbons (Fsp3) is 0.536. The first-order valence-corrected chi connectivity index (χ1v) is 13.7. The number of aliphatic hydroxyl groups is 1. The van der Waals surface area contributed by atoms with Gasteiger partial charge >= 0.3 is 5.97 Å². The molecule has 4 rings (SSSR count). The number of likely N-dealkylation sites (tertiary alicyclic amines) is 1. The van der Waals surface area contributed by atoms with Crippen LogP contribution in [0.2, 0.25) is 0 Å². The first-order chi connectivity index (χ1) is 17.8. The van der Waals surface area contributed by atoms with Gasteiger partial charge in [0.15, 0.2) is 0 Å². The molecule has 8 nitrogen and oxygen atoms in total. The Morgan fingerprint density at radius 3 is 2.65 bits per heavy atom. The number of methoxy groups -OCH3 is 1. The molecule has 3 saturated heterocycles. The van der Waals surface area contributed by atoms with Crippen molar-refractivity contribution in [3.8, 4) is 5.75 Å². The molecule has 0 aliphatic carbocycles. The van der Waals surface area contributed by atoms with Gasteiger partial charge in [-0.1, -0.05) is 12.2 Å². The molecular formula is C28H36N2O6S. The van der Waals surface area contributed by atoms with E-state index < -0.39 is 28.7 Å². The topological polar surface area (TPSA) is 96.4 Å². The second kappa shape index (κ2) is 11.3. The molecule has 1 aromatic rings. The molecule has 1 aromatic carbocycles. The lowest BCUT2D eigenvalue weighted by atomic mass is 9.71. The summed E-state index contributed by atoms with van der Waals surface area (Å²) in [6.07, 6.45) is 6.22.